The summed E-state index contributed by atoms with van der Waals surface area (Å²) in [5.41, 5.74) is 1.54. The third-order valence-corrected chi connectivity index (χ3v) is 5.75. The van der Waals surface area contributed by atoms with Crippen LogP contribution in [0, 0.1) is 0 Å². The monoisotopic (exact) mass is 451 g/mol. The Hall–Kier alpha value is -3.23. The van der Waals surface area contributed by atoms with Gasteiger partial charge in [0.1, 0.15) is 24.3 Å². The maximum atomic E-state index is 12.9. The number of aromatic nitrogens is 2. The van der Waals surface area contributed by atoms with Crippen LogP contribution in [0.2, 0.25) is 0 Å². The predicted octanol–water partition coefficient (Wildman–Crippen LogP) is 2.32. The highest BCUT2D eigenvalue weighted by Crippen LogP contribution is 2.17. The van der Waals surface area contributed by atoms with E-state index in [9.17, 15) is 9.59 Å². The van der Waals surface area contributed by atoms with E-state index in [1.54, 1.807) is 13.1 Å². The molecule has 2 aromatic carbocycles. The fourth-order valence-electron chi connectivity index (χ4n) is 3.88. The molecule has 1 unspecified atom stereocenters. The van der Waals surface area contributed by atoms with Gasteiger partial charge in [0, 0.05) is 33.2 Å². The standard InChI is InChI=1S/C25H29N3O5/c1-3-32-22(25(30)28-12-14-31-15-13-28)16-18-8-10-19(11-9-18)33-17-23-26-21-7-5-4-6-20(21)24(29)27(23)2/h4-11,22H,3,12-17H2,1-2H3. The zero-order valence-corrected chi connectivity index (χ0v) is 19.0. The number of nitrogens with zero attached hydrogens (tertiary/aromatic N) is 3. The molecular formula is C25H29N3O5. The van der Waals surface area contributed by atoms with Crippen LogP contribution in [0.4, 0.5) is 0 Å². The second kappa shape index (κ2) is 10.6. The zero-order valence-electron chi connectivity index (χ0n) is 19.0. The lowest BCUT2D eigenvalue weighted by molar-refractivity contribution is -0.147. The van der Waals surface area contributed by atoms with Crippen molar-refractivity contribution >= 4 is 16.8 Å². The van der Waals surface area contributed by atoms with Gasteiger partial charge in [0.2, 0.25) is 0 Å². The highest BCUT2D eigenvalue weighted by atomic mass is 16.5. The van der Waals surface area contributed by atoms with Gasteiger partial charge in [0.05, 0.1) is 24.1 Å². The van der Waals surface area contributed by atoms with E-state index < -0.39 is 6.10 Å². The average molecular weight is 452 g/mol. The molecular weight excluding hydrogens is 422 g/mol. The third-order valence-electron chi connectivity index (χ3n) is 5.75. The molecule has 2 heterocycles. The van der Waals surface area contributed by atoms with Crippen molar-refractivity contribution in [3.63, 3.8) is 0 Å². The Bertz CT molecular complexity index is 1150. The molecule has 1 aliphatic rings. The molecule has 0 spiro atoms. The third kappa shape index (κ3) is 5.40. The van der Waals surface area contributed by atoms with Gasteiger partial charge in [0.15, 0.2) is 0 Å². The lowest BCUT2D eigenvalue weighted by atomic mass is 10.1. The van der Waals surface area contributed by atoms with Crippen LogP contribution in [0.3, 0.4) is 0 Å². The van der Waals surface area contributed by atoms with E-state index in [0.717, 1.165) is 5.56 Å². The number of hydrogen-bond acceptors (Lipinski definition) is 6. The van der Waals surface area contributed by atoms with Gasteiger partial charge in [0.25, 0.3) is 11.5 Å². The lowest BCUT2D eigenvalue weighted by Gasteiger charge is -2.30. The second-order valence-electron chi connectivity index (χ2n) is 7.93. The van der Waals surface area contributed by atoms with Crippen LogP contribution in [-0.4, -0.2) is 59.4 Å². The smallest absolute Gasteiger partial charge is 0.261 e. The lowest BCUT2D eigenvalue weighted by Crippen LogP contribution is -2.47. The molecule has 0 radical (unpaired) electrons. The summed E-state index contributed by atoms with van der Waals surface area (Å²) in [6, 6.07) is 14.9. The summed E-state index contributed by atoms with van der Waals surface area (Å²) in [7, 11) is 1.70. The summed E-state index contributed by atoms with van der Waals surface area (Å²) in [6.45, 7) is 4.86. The van der Waals surface area contributed by atoms with Gasteiger partial charge >= 0.3 is 0 Å². The van der Waals surface area contributed by atoms with Gasteiger partial charge < -0.3 is 19.1 Å². The number of hydrogen-bond donors (Lipinski definition) is 0. The molecule has 0 saturated carbocycles. The molecule has 0 N–H and O–H groups in total. The Balaban J connectivity index is 1.40. The number of morpholine rings is 1. The molecule has 1 amide bonds. The van der Waals surface area contributed by atoms with Gasteiger partial charge in [-0.2, -0.15) is 0 Å². The summed E-state index contributed by atoms with van der Waals surface area (Å²) in [5, 5.41) is 0.587. The first kappa shape index (κ1) is 22.9. The molecule has 174 valence electrons. The Morgan fingerprint density at radius 1 is 1.12 bits per heavy atom. The molecule has 8 nitrogen and oxygen atoms in total. The summed E-state index contributed by atoms with van der Waals surface area (Å²) in [5.74, 6) is 1.22. The first-order chi connectivity index (χ1) is 16.1. The molecule has 0 bridgehead atoms. The normalized spacial score (nSPS) is 14.9. The molecule has 33 heavy (non-hydrogen) atoms. The summed E-state index contributed by atoms with van der Waals surface area (Å²) >= 11 is 0. The molecule has 1 saturated heterocycles. The van der Waals surface area contributed by atoms with Gasteiger partial charge in [-0.1, -0.05) is 24.3 Å². The number of amides is 1. The number of carbonyl (C=O) groups excluding carboxylic acids is 1. The highest BCUT2D eigenvalue weighted by molar-refractivity contribution is 5.81. The number of rotatable bonds is 8. The molecule has 3 aromatic rings. The molecule has 1 atom stereocenters. The minimum absolute atomic E-state index is 0.00349. The quantitative estimate of drug-likeness (QED) is 0.523. The van der Waals surface area contributed by atoms with E-state index in [-0.39, 0.29) is 18.1 Å². The van der Waals surface area contributed by atoms with Crippen molar-refractivity contribution in [2.24, 2.45) is 7.05 Å². The topological polar surface area (TPSA) is 82.9 Å². The Morgan fingerprint density at radius 3 is 2.58 bits per heavy atom. The maximum absolute atomic E-state index is 12.9. The van der Waals surface area contributed by atoms with Gasteiger partial charge in [-0.3, -0.25) is 14.2 Å². The van der Waals surface area contributed by atoms with Crippen LogP contribution < -0.4 is 10.3 Å². The number of benzene rings is 2. The molecule has 1 aliphatic heterocycles. The van der Waals surface area contributed by atoms with Crippen LogP contribution in [0.1, 0.15) is 18.3 Å². The number of carbonyl (C=O) groups is 1. The van der Waals surface area contributed by atoms with Crippen LogP contribution in [0.5, 0.6) is 5.75 Å². The van der Waals surface area contributed by atoms with Crippen molar-refractivity contribution in [1.29, 1.82) is 0 Å². The number of ether oxygens (including phenoxy) is 3. The highest BCUT2D eigenvalue weighted by Gasteiger charge is 2.26. The molecule has 0 aliphatic carbocycles. The van der Waals surface area contributed by atoms with Crippen molar-refractivity contribution in [1.82, 2.24) is 14.5 Å². The van der Waals surface area contributed by atoms with E-state index in [0.29, 0.717) is 61.8 Å². The summed E-state index contributed by atoms with van der Waals surface area (Å²) in [4.78, 5) is 31.8. The Labute approximate surface area is 192 Å². The first-order valence-electron chi connectivity index (χ1n) is 11.2. The predicted molar refractivity (Wildman–Crippen MR) is 124 cm³/mol. The fraction of sp³-hybridized carbons (Fsp3) is 0.400. The fourth-order valence-corrected chi connectivity index (χ4v) is 3.88. The number of fused-ring (bicyclic) bond motifs is 1. The van der Waals surface area contributed by atoms with E-state index >= 15 is 0 Å². The molecule has 8 heteroatoms. The van der Waals surface area contributed by atoms with Crippen LogP contribution in [0.25, 0.3) is 10.9 Å². The van der Waals surface area contributed by atoms with E-state index in [4.69, 9.17) is 14.2 Å². The van der Waals surface area contributed by atoms with E-state index in [1.807, 2.05) is 54.3 Å². The largest absolute Gasteiger partial charge is 0.486 e. The minimum atomic E-state index is -0.517. The van der Waals surface area contributed by atoms with Crippen molar-refractivity contribution < 1.29 is 19.0 Å². The maximum Gasteiger partial charge on any atom is 0.261 e. The van der Waals surface area contributed by atoms with Crippen LogP contribution in [-0.2, 0) is 34.3 Å². The minimum Gasteiger partial charge on any atom is -0.486 e. The average Bonchev–Trinajstić information content (AvgIpc) is 2.86. The van der Waals surface area contributed by atoms with Crippen molar-refractivity contribution in [3.05, 3.63) is 70.3 Å². The van der Waals surface area contributed by atoms with Gasteiger partial charge in [-0.25, -0.2) is 4.98 Å². The number of para-hydroxylation sites is 1. The Morgan fingerprint density at radius 2 is 1.85 bits per heavy atom. The van der Waals surface area contributed by atoms with Crippen molar-refractivity contribution in [3.8, 4) is 5.75 Å². The second-order valence-corrected chi connectivity index (χ2v) is 7.93. The SMILES string of the molecule is CCOC(Cc1ccc(OCc2nc3ccccc3c(=O)n2C)cc1)C(=O)N1CCOCC1. The van der Waals surface area contributed by atoms with Gasteiger partial charge in [-0.15, -0.1) is 0 Å². The molecule has 4 rings (SSSR count). The van der Waals surface area contributed by atoms with Crippen LogP contribution in [0.15, 0.2) is 53.3 Å². The van der Waals surface area contributed by atoms with E-state index in [1.165, 1.54) is 4.57 Å². The summed E-state index contributed by atoms with van der Waals surface area (Å²) in [6.07, 6.45) is -0.0263. The van der Waals surface area contributed by atoms with Crippen molar-refractivity contribution in [2.45, 2.75) is 26.1 Å². The van der Waals surface area contributed by atoms with E-state index in [2.05, 4.69) is 4.98 Å². The first-order valence-corrected chi connectivity index (χ1v) is 11.2. The molecule has 1 aromatic heterocycles. The van der Waals surface area contributed by atoms with Gasteiger partial charge in [-0.05, 0) is 36.8 Å². The molecule has 1 fully saturated rings. The Kier molecular flexibility index (Phi) is 7.36. The van der Waals surface area contributed by atoms with Crippen molar-refractivity contribution in [2.75, 3.05) is 32.9 Å². The summed E-state index contributed by atoms with van der Waals surface area (Å²) < 4.78 is 18.5. The zero-order chi connectivity index (χ0) is 23.2. The van der Waals surface area contributed by atoms with Crippen LogP contribution >= 0.6 is 0 Å².